The summed E-state index contributed by atoms with van der Waals surface area (Å²) in [6, 6.07) is 20.4. The Morgan fingerprint density at radius 2 is 1.39 bits per heavy atom. The molecule has 0 bridgehead atoms. The lowest BCUT2D eigenvalue weighted by molar-refractivity contribution is -0.123. The molecule has 0 aliphatic rings. The molecule has 0 heterocycles. The summed E-state index contributed by atoms with van der Waals surface area (Å²) in [6.07, 6.45) is 1.32. The molecule has 1 nitrogen and oxygen atoms in total. The summed E-state index contributed by atoms with van der Waals surface area (Å²) >= 11 is 0. The predicted octanol–water partition coefficient (Wildman–Crippen LogP) is 5.45. The van der Waals surface area contributed by atoms with Crippen molar-refractivity contribution in [1.82, 2.24) is 0 Å². The third-order valence-electron chi connectivity index (χ3n) is 4.93. The number of rotatable bonds is 7. The first-order valence-corrected chi connectivity index (χ1v) is 8.49. The molecular formula is C22H27O. The molecule has 0 amide bonds. The zero-order valence-corrected chi connectivity index (χ0v) is 14.5. The van der Waals surface area contributed by atoms with Gasteiger partial charge in [0.05, 0.1) is 5.41 Å². The van der Waals surface area contributed by atoms with Crippen LogP contribution in [0.2, 0.25) is 0 Å². The average molecular weight is 307 g/mol. The zero-order valence-electron chi connectivity index (χ0n) is 14.5. The molecule has 23 heavy (non-hydrogen) atoms. The second kappa shape index (κ2) is 7.59. The monoisotopic (exact) mass is 307 g/mol. The van der Waals surface area contributed by atoms with E-state index < -0.39 is 5.41 Å². The van der Waals surface area contributed by atoms with Gasteiger partial charge in [0.1, 0.15) is 5.78 Å². The SMILES string of the molecule is [CH2]C(C)C(C)CC(C(=O)CC)(c1ccccc1)c1ccccc1. The van der Waals surface area contributed by atoms with Crippen molar-refractivity contribution in [3.63, 3.8) is 0 Å². The van der Waals surface area contributed by atoms with Crippen molar-refractivity contribution in [1.29, 1.82) is 0 Å². The fraction of sp³-hybridized carbons (Fsp3) is 0.364. The maximum atomic E-state index is 13.2. The van der Waals surface area contributed by atoms with Crippen LogP contribution >= 0.6 is 0 Å². The summed E-state index contributed by atoms with van der Waals surface area (Å²) in [4.78, 5) is 13.2. The van der Waals surface area contributed by atoms with E-state index in [4.69, 9.17) is 0 Å². The minimum absolute atomic E-state index is 0.280. The van der Waals surface area contributed by atoms with Crippen molar-refractivity contribution >= 4 is 5.78 Å². The number of hydrogen-bond donors (Lipinski definition) is 0. The van der Waals surface area contributed by atoms with Gasteiger partial charge in [-0.1, -0.05) is 88.4 Å². The quantitative estimate of drug-likeness (QED) is 0.665. The smallest absolute Gasteiger partial charge is 0.147 e. The summed E-state index contributed by atoms with van der Waals surface area (Å²) in [6.45, 7) is 10.5. The molecule has 0 aliphatic heterocycles. The van der Waals surface area contributed by atoms with Crippen molar-refractivity contribution in [2.75, 3.05) is 0 Å². The van der Waals surface area contributed by atoms with Crippen molar-refractivity contribution in [3.8, 4) is 0 Å². The van der Waals surface area contributed by atoms with Crippen LogP contribution in [0.5, 0.6) is 0 Å². The van der Waals surface area contributed by atoms with E-state index in [1.54, 1.807) is 0 Å². The van der Waals surface area contributed by atoms with Gasteiger partial charge in [-0.15, -0.1) is 0 Å². The average Bonchev–Trinajstić information content (AvgIpc) is 2.60. The lowest BCUT2D eigenvalue weighted by Crippen LogP contribution is -2.39. The zero-order chi connectivity index (χ0) is 16.9. The Balaban J connectivity index is 2.66. The van der Waals surface area contributed by atoms with Gasteiger partial charge in [0, 0.05) is 6.42 Å². The highest BCUT2D eigenvalue weighted by Crippen LogP contribution is 2.41. The van der Waals surface area contributed by atoms with E-state index in [0.717, 1.165) is 17.5 Å². The van der Waals surface area contributed by atoms with Crippen molar-refractivity contribution in [2.24, 2.45) is 11.8 Å². The van der Waals surface area contributed by atoms with Gasteiger partial charge < -0.3 is 0 Å². The van der Waals surface area contributed by atoms with Crippen LogP contribution in [0, 0.1) is 18.8 Å². The first-order chi connectivity index (χ1) is 11.0. The van der Waals surface area contributed by atoms with E-state index in [0.29, 0.717) is 18.3 Å². The third-order valence-corrected chi connectivity index (χ3v) is 4.93. The van der Waals surface area contributed by atoms with E-state index in [1.165, 1.54) is 0 Å². The van der Waals surface area contributed by atoms with Gasteiger partial charge in [0.2, 0.25) is 0 Å². The molecule has 2 aromatic rings. The fourth-order valence-corrected chi connectivity index (χ4v) is 3.27. The number of hydrogen-bond acceptors (Lipinski definition) is 1. The molecule has 2 atom stereocenters. The fourth-order valence-electron chi connectivity index (χ4n) is 3.27. The van der Waals surface area contributed by atoms with Crippen molar-refractivity contribution < 1.29 is 4.79 Å². The number of carbonyl (C=O) groups is 1. The Kier molecular flexibility index (Phi) is 5.76. The Hall–Kier alpha value is -1.89. The second-order valence-electron chi connectivity index (χ2n) is 6.57. The summed E-state index contributed by atoms with van der Waals surface area (Å²) in [5, 5.41) is 0. The number of benzene rings is 2. The highest BCUT2D eigenvalue weighted by atomic mass is 16.1. The van der Waals surface area contributed by atoms with Crippen LogP contribution in [0.15, 0.2) is 60.7 Å². The Morgan fingerprint density at radius 3 is 1.74 bits per heavy atom. The van der Waals surface area contributed by atoms with Crippen LogP contribution in [0.4, 0.5) is 0 Å². The second-order valence-corrected chi connectivity index (χ2v) is 6.57. The summed E-state index contributed by atoms with van der Waals surface area (Å²) in [7, 11) is 0. The molecule has 0 saturated carbocycles. The van der Waals surface area contributed by atoms with E-state index >= 15 is 0 Å². The molecule has 2 unspecified atom stereocenters. The minimum Gasteiger partial charge on any atom is -0.298 e. The summed E-state index contributed by atoms with van der Waals surface area (Å²) in [5.74, 6) is 0.930. The normalized spacial score (nSPS) is 13.1. The molecular weight excluding hydrogens is 280 g/mol. The lowest BCUT2D eigenvalue weighted by atomic mass is 9.64. The van der Waals surface area contributed by atoms with E-state index in [-0.39, 0.29) is 5.78 Å². The molecule has 0 saturated heterocycles. The topological polar surface area (TPSA) is 17.1 Å². The molecule has 2 rings (SSSR count). The van der Waals surface area contributed by atoms with Gasteiger partial charge in [0.15, 0.2) is 0 Å². The van der Waals surface area contributed by atoms with Crippen LogP contribution < -0.4 is 0 Å². The van der Waals surface area contributed by atoms with Gasteiger partial charge in [0.25, 0.3) is 0 Å². The highest BCUT2D eigenvalue weighted by molar-refractivity contribution is 5.93. The third kappa shape index (κ3) is 3.55. The van der Waals surface area contributed by atoms with Gasteiger partial charge in [-0.25, -0.2) is 0 Å². The minimum atomic E-state index is -0.581. The first kappa shape index (κ1) is 17.5. The number of Topliss-reactive ketones (excluding diaryl/α,β-unsaturated/α-hetero) is 1. The Bertz CT molecular complexity index is 573. The maximum absolute atomic E-state index is 13.2. The van der Waals surface area contributed by atoms with E-state index in [9.17, 15) is 4.79 Å². The lowest BCUT2D eigenvalue weighted by Gasteiger charge is -2.37. The standard InChI is InChI=1S/C22H27O/c1-5-21(23)22(16-18(4)17(2)3,19-12-8-6-9-13-19)20-14-10-7-11-15-20/h6-15,17-18H,2,5,16H2,1,3-4H3. The summed E-state index contributed by atoms with van der Waals surface area (Å²) in [5.41, 5.74) is 1.60. The van der Waals surface area contributed by atoms with Gasteiger partial charge in [-0.2, -0.15) is 0 Å². The van der Waals surface area contributed by atoms with Crippen LogP contribution in [-0.2, 0) is 10.2 Å². The van der Waals surface area contributed by atoms with Crippen molar-refractivity contribution in [3.05, 3.63) is 78.7 Å². The molecule has 0 N–H and O–H groups in total. The maximum Gasteiger partial charge on any atom is 0.147 e. The molecule has 0 aliphatic carbocycles. The van der Waals surface area contributed by atoms with Crippen LogP contribution in [0.25, 0.3) is 0 Å². The van der Waals surface area contributed by atoms with Gasteiger partial charge in [-0.3, -0.25) is 4.79 Å². The largest absolute Gasteiger partial charge is 0.298 e. The Labute approximate surface area is 140 Å². The molecule has 0 spiro atoms. The molecule has 1 radical (unpaired) electrons. The van der Waals surface area contributed by atoms with E-state index in [2.05, 4.69) is 45.0 Å². The van der Waals surface area contributed by atoms with Crippen molar-refractivity contribution in [2.45, 2.75) is 39.0 Å². The molecule has 0 fully saturated rings. The Morgan fingerprint density at radius 1 is 0.957 bits per heavy atom. The molecule has 121 valence electrons. The predicted molar refractivity (Wildman–Crippen MR) is 97.3 cm³/mol. The van der Waals surface area contributed by atoms with Gasteiger partial charge in [-0.05, 0) is 29.4 Å². The number of ketones is 1. The van der Waals surface area contributed by atoms with Crippen LogP contribution in [0.3, 0.4) is 0 Å². The summed E-state index contributed by atoms with van der Waals surface area (Å²) < 4.78 is 0. The molecule has 1 heteroatoms. The molecule has 0 aromatic heterocycles. The molecule has 2 aromatic carbocycles. The van der Waals surface area contributed by atoms with E-state index in [1.807, 2.05) is 43.3 Å². The van der Waals surface area contributed by atoms with Crippen LogP contribution in [-0.4, -0.2) is 5.78 Å². The number of carbonyl (C=O) groups excluding carboxylic acids is 1. The van der Waals surface area contributed by atoms with Gasteiger partial charge >= 0.3 is 0 Å². The first-order valence-electron chi connectivity index (χ1n) is 8.49. The van der Waals surface area contributed by atoms with Crippen LogP contribution in [0.1, 0.15) is 44.7 Å². The highest BCUT2D eigenvalue weighted by Gasteiger charge is 2.41.